The Hall–Kier alpha value is -2.11. The molecular weight excluding hydrogens is 356 g/mol. The average Bonchev–Trinajstić information content (AvgIpc) is 2.73. The predicted octanol–water partition coefficient (Wildman–Crippen LogP) is 4.61. The van der Waals surface area contributed by atoms with Crippen LogP contribution in [0, 0.1) is 0 Å². The van der Waals surface area contributed by atoms with E-state index in [-0.39, 0.29) is 11.7 Å². The molecule has 1 atom stereocenters. The first-order chi connectivity index (χ1) is 13.3. The van der Waals surface area contributed by atoms with Gasteiger partial charge in [-0.05, 0) is 49.4 Å². The van der Waals surface area contributed by atoms with Gasteiger partial charge in [-0.2, -0.15) is 0 Å². The lowest BCUT2D eigenvalue weighted by molar-refractivity contribution is 0.0315. The van der Waals surface area contributed by atoms with E-state index in [1.165, 1.54) is 6.42 Å². The minimum atomic E-state index is -0.00596. The van der Waals surface area contributed by atoms with Gasteiger partial charge in [0.05, 0.1) is 22.7 Å². The summed E-state index contributed by atoms with van der Waals surface area (Å²) in [5.41, 5.74) is 2.82. The van der Waals surface area contributed by atoms with E-state index in [0.29, 0.717) is 5.39 Å². The van der Waals surface area contributed by atoms with Crippen molar-refractivity contribution in [2.45, 2.75) is 43.9 Å². The van der Waals surface area contributed by atoms with Crippen LogP contribution in [0.4, 0.5) is 0 Å². The van der Waals surface area contributed by atoms with Gasteiger partial charge in [-0.3, -0.25) is 9.36 Å². The van der Waals surface area contributed by atoms with Crippen molar-refractivity contribution < 1.29 is 4.74 Å². The van der Waals surface area contributed by atoms with Gasteiger partial charge in [-0.25, -0.2) is 4.98 Å². The average molecular weight is 381 g/mol. The fourth-order valence-electron chi connectivity index (χ4n) is 3.56. The highest BCUT2D eigenvalue weighted by molar-refractivity contribution is 7.99. The maximum absolute atomic E-state index is 13.3. The molecule has 1 aromatic heterocycles. The van der Waals surface area contributed by atoms with Crippen molar-refractivity contribution in [3.8, 4) is 5.69 Å². The van der Waals surface area contributed by atoms with Gasteiger partial charge in [0.1, 0.15) is 0 Å². The summed E-state index contributed by atoms with van der Waals surface area (Å²) in [6.45, 7) is 2.95. The lowest BCUT2D eigenvalue weighted by atomic mass is 10.1. The number of para-hydroxylation sites is 2. The van der Waals surface area contributed by atoms with Crippen molar-refractivity contribution >= 4 is 22.7 Å². The Morgan fingerprint density at radius 2 is 1.96 bits per heavy atom. The highest BCUT2D eigenvalue weighted by Crippen LogP contribution is 2.26. The minimum Gasteiger partial charge on any atom is -0.377 e. The second-order valence-electron chi connectivity index (χ2n) is 6.83. The Morgan fingerprint density at radius 3 is 2.78 bits per heavy atom. The van der Waals surface area contributed by atoms with E-state index in [1.807, 2.05) is 42.5 Å². The van der Waals surface area contributed by atoms with Crippen LogP contribution in [0.1, 0.15) is 31.7 Å². The minimum absolute atomic E-state index is 0.00596. The quantitative estimate of drug-likeness (QED) is 0.479. The summed E-state index contributed by atoms with van der Waals surface area (Å²) in [7, 11) is 0. The molecule has 27 heavy (non-hydrogen) atoms. The largest absolute Gasteiger partial charge is 0.377 e. The monoisotopic (exact) mass is 380 g/mol. The molecule has 5 heteroatoms. The van der Waals surface area contributed by atoms with Gasteiger partial charge >= 0.3 is 0 Å². The predicted molar refractivity (Wildman–Crippen MR) is 111 cm³/mol. The summed E-state index contributed by atoms with van der Waals surface area (Å²) in [6, 6.07) is 15.7. The normalized spacial score (nSPS) is 17.3. The molecule has 0 N–H and O–H groups in total. The van der Waals surface area contributed by atoms with Crippen LogP contribution in [0.15, 0.2) is 58.5 Å². The Morgan fingerprint density at radius 1 is 1.15 bits per heavy atom. The molecule has 1 aliphatic rings. The number of hydrogen-bond acceptors (Lipinski definition) is 4. The van der Waals surface area contributed by atoms with E-state index < -0.39 is 0 Å². The van der Waals surface area contributed by atoms with Crippen molar-refractivity contribution in [2.75, 3.05) is 12.4 Å². The van der Waals surface area contributed by atoms with Gasteiger partial charge in [-0.1, -0.05) is 49.0 Å². The van der Waals surface area contributed by atoms with Crippen LogP contribution in [0.2, 0.25) is 0 Å². The SMILES string of the molecule is CCc1ccccc1-n1c(SC[C@H]2CCCCO2)nc2ccccc2c1=O. The summed E-state index contributed by atoms with van der Waals surface area (Å²) in [5, 5.41) is 1.40. The number of nitrogens with zero attached hydrogens (tertiary/aromatic N) is 2. The molecule has 1 saturated heterocycles. The lowest BCUT2D eigenvalue weighted by Crippen LogP contribution is -2.25. The van der Waals surface area contributed by atoms with Crippen molar-refractivity contribution in [3.63, 3.8) is 0 Å². The molecule has 0 bridgehead atoms. The number of aryl methyl sites for hydroxylation is 1. The molecule has 0 amide bonds. The fraction of sp³-hybridized carbons (Fsp3) is 0.364. The number of hydrogen-bond donors (Lipinski definition) is 0. The smallest absolute Gasteiger partial charge is 0.266 e. The summed E-state index contributed by atoms with van der Waals surface area (Å²) >= 11 is 1.62. The Kier molecular flexibility index (Phi) is 5.60. The highest BCUT2D eigenvalue weighted by Gasteiger charge is 2.19. The number of ether oxygens (including phenoxy) is 1. The standard InChI is InChI=1S/C22H24N2O2S/c1-2-16-9-3-6-13-20(16)24-21(25)18-11-4-5-12-19(18)23-22(24)27-15-17-10-7-8-14-26-17/h3-6,9,11-13,17H,2,7-8,10,14-15H2,1H3/t17-/m1/s1. The van der Waals surface area contributed by atoms with Gasteiger partial charge < -0.3 is 4.74 Å². The van der Waals surface area contributed by atoms with Crippen LogP contribution < -0.4 is 5.56 Å². The molecule has 0 aliphatic carbocycles. The zero-order chi connectivity index (χ0) is 18.6. The molecule has 0 radical (unpaired) electrons. The highest BCUT2D eigenvalue weighted by atomic mass is 32.2. The molecule has 2 aromatic carbocycles. The summed E-state index contributed by atoms with van der Waals surface area (Å²) < 4.78 is 7.66. The topological polar surface area (TPSA) is 44.1 Å². The van der Waals surface area contributed by atoms with Crippen LogP contribution in [-0.4, -0.2) is 28.0 Å². The maximum atomic E-state index is 13.3. The third-order valence-corrected chi connectivity index (χ3v) is 6.10. The van der Waals surface area contributed by atoms with Crippen molar-refractivity contribution in [2.24, 2.45) is 0 Å². The Labute approximate surface area is 163 Å². The van der Waals surface area contributed by atoms with E-state index in [0.717, 1.165) is 53.5 Å². The van der Waals surface area contributed by atoms with Gasteiger partial charge in [0.15, 0.2) is 5.16 Å². The number of aromatic nitrogens is 2. The first kappa shape index (κ1) is 18.3. The molecule has 2 heterocycles. The zero-order valence-corrected chi connectivity index (χ0v) is 16.4. The number of thioether (sulfide) groups is 1. The zero-order valence-electron chi connectivity index (χ0n) is 15.6. The number of rotatable bonds is 5. The molecule has 0 unspecified atom stereocenters. The van der Waals surface area contributed by atoms with E-state index in [2.05, 4.69) is 13.0 Å². The van der Waals surface area contributed by atoms with E-state index in [9.17, 15) is 4.79 Å². The number of fused-ring (bicyclic) bond motifs is 1. The van der Waals surface area contributed by atoms with Crippen molar-refractivity contribution in [1.29, 1.82) is 0 Å². The Balaban J connectivity index is 1.81. The van der Waals surface area contributed by atoms with E-state index >= 15 is 0 Å². The molecule has 140 valence electrons. The molecule has 0 spiro atoms. The van der Waals surface area contributed by atoms with Crippen molar-refractivity contribution in [3.05, 3.63) is 64.4 Å². The molecule has 1 aliphatic heterocycles. The first-order valence-corrected chi connectivity index (χ1v) is 10.6. The Bertz CT molecular complexity index is 993. The van der Waals surface area contributed by atoms with Gasteiger partial charge in [0, 0.05) is 12.4 Å². The van der Waals surface area contributed by atoms with Gasteiger partial charge in [0.25, 0.3) is 5.56 Å². The summed E-state index contributed by atoms with van der Waals surface area (Å²) in [4.78, 5) is 18.2. The fourth-order valence-corrected chi connectivity index (χ4v) is 4.63. The van der Waals surface area contributed by atoms with E-state index in [4.69, 9.17) is 9.72 Å². The molecule has 4 rings (SSSR count). The van der Waals surface area contributed by atoms with Crippen molar-refractivity contribution in [1.82, 2.24) is 9.55 Å². The van der Waals surface area contributed by atoms with Crippen LogP contribution >= 0.6 is 11.8 Å². The summed E-state index contributed by atoms with van der Waals surface area (Å²) in [6.07, 6.45) is 4.54. The maximum Gasteiger partial charge on any atom is 0.266 e. The second kappa shape index (κ2) is 8.28. The van der Waals surface area contributed by atoms with Crippen LogP contribution in [0.25, 0.3) is 16.6 Å². The van der Waals surface area contributed by atoms with Gasteiger partial charge in [0.2, 0.25) is 0 Å². The molecule has 4 nitrogen and oxygen atoms in total. The summed E-state index contributed by atoms with van der Waals surface area (Å²) in [5.74, 6) is 0.819. The van der Waals surface area contributed by atoms with Crippen LogP contribution in [-0.2, 0) is 11.2 Å². The van der Waals surface area contributed by atoms with Gasteiger partial charge in [-0.15, -0.1) is 0 Å². The lowest BCUT2D eigenvalue weighted by Gasteiger charge is -2.23. The number of benzene rings is 2. The van der Waals surface area contributed by atoms with Crippen LogP contribution in [0.5, 0.6) is 0 Å². The van der Waals surface area contributed by atoms with Crippen LogP contribution in [0.3, 0.4) is 0 Å². The molecule has 0 saturated carbocycles. The molecule has 1 fully saturated rings. The van der Waals surface area contributed by atoms with E-state index in [1.54, 1.807) is 16.3 Å². The second-order valence-corrected chi connectivity index (χ2v) is 7.82. The molecule has 3 aromatic rings. The first-order valence-electron chi connectivity index (χ1n) is 9.62. The third kappa shape index (κ3) is 3.80. The third-order valence-electron chi connectivity index (χ3n) is 5.03. The molecular formula is C22H24N2O2S.